The van der Waals surface area contributed by atoms with Crippen LogP contribution >= 0.6 is 11.6 Å². The first kappa shape index (κ1) is 32.7. The van der Waals surface area contributed by atoms with Crippen molar-refractivity contribution in [1.29, 1.82) is 0 Å². The fourth-order valence-electron chi connectivity index (χ4n) is 3.80. The molecule has 2 heterocycles. The summed E-state index contributed by atoms with van der Waals surface area (Å²) in [6, 6.07) is 27.6. The molecule has 2 aromatic heterocycles. The van der Waals surface area contributed by atoms with Crippen molar-refractivity contribution in [2.45, 2.75) is 13.8 Å². The van der Waals surface area contributed by atoms with E-state index >= 15 is 0 Å². The molecule has 0 saturated heterocycles. The van der Waals surface area contributed by atoms with Crippen LogP contribution in [0.3, 0.4) is 0 Å². The minimum Gasteiger partial charge on any atom is -0.423 e. The molecule has 6 nitrogen and oxygen atoms in total. The van der Waals surface area contributed by atoms with E-state index in [9.17, 15) is 0 Å². The maximum absolute atomic E-state index is 9.08. The molecule has 40 heavy (non-hydrogen) atoms. The normalized spacial score (nSPS) is 9.72. The Kier molecular flexibility index (Phi) is 13.0. The smallest absolute Gasteiger partial charge is 0.423 e. The van der Waals surface area contributed by atoms with Crippen LogP contribution in [0.5, 0.6) is 0 Å². The molecule has 0 aliphatic rings. The van der Waals surface area contributed by atoms with Gasteiger partial charge in [0.2, 0.25) is 5.28 Å². The number of hydrogen-bond donors (Lipinski definition) is 2. The summed E-state index contributed by atoms with van der Waals surface area (Å²) in [5.74, 6) is 0.785. The summed E-state index contributed by atoms with van der Waals surface area (Å²) in [4.78, 5) is 16.2. The van der Waals surface area contributed by atoms with Gasteiger partial charge in [-0.15, -0.1) is 0 Å². The van der Waals surface area contributed by atoms with E-state index in [1.165, 1.54) is 10.8 Å². The van der Waals surface area contributed by atoms with Crippen LogP contribution in [0.4, 0.5) is 0 Å². The zero-order valence-corrected chi connectivity index (χ0v) is 24.7. The van der Waals surface area contributed by atoms with Crippen LogP contribution in [0.15, 0.2) is 110 Å². The van der Waals surface area contributed by atoms with E-state index in [-0.39, 0.29) is 27.8 Å². The molecule has 9 heteroatoms. The molecule has 0 atom stereocenters. The standard InChI is InChI=1S/C15H12N2.C10H9BO2.C5H5ClN2.CH3.Pd/c1-11-9-16-15(17-10-11)14-8-4-6-12-5-2-3-7-13(12)14;12-11(13)10-7-3-5-8-4-1-2-6-9(8)10;1-4-2-7-5(6)8-3-4;;/h2-10H,1H3;1-7,12-13H;2-3H,1H3;1H3;/q;;;-1;. The van der Waals surface area contributed by atoms with Gasteiger partial charge in [0, 0.05) is 50.8 Å². The molecule has 0 amide bonds. The van der Waals surface area contributed by atoms with E-state index in [0.717, 1.165) is 33.3 Å². The topological polar surface area (TPSA) is 92.0 Å². The second-order valence-electron chi connectivity index (χ2n) is 8.58. The van der Waals surface area contributed by atoms with Crippen molar-refractivity contribution < 1.29 is 30.5 Å². The summed E-state index contributed by atoms with van der Waals surface area (Å²) in [5.41, 5.74) is 3.74. The van der Waals surface area contributed by atoms with Gasteiger partial charge in [0.25, 0.3) is 0 Å². The molecule has 0 saturated carbocycles. The number of aryl methyl sites for hydroxylation is 2. The molecule has 0 unspecified atom stereocenters. The average Bonchev–Trinajstić information content (AvgIpc) is 2.95. The predicted molar refractivity (Wildman–Crippen MR) is 162 cm³/mol. The SMILES string of the molecule is Cc1cnc(-c2cccc3ccccc23)nc1.Cc1cnc(Cl)nc1.OB(O)c1cccc2ccccc12.[CH3-].[Pd]. The molecule has 0 aliphatic carbocycles. The second-order valence-corrected chi connectivity index (χ2v) is 8.92. The number of benzene rings is 4. The van der Waals surface area contributed by atoms with Crippen molar-refractivity contribution in [2.24, 2.45) is 0 Å². The molecule has 0 aliphatic heterocycles. The molecule has 0 bridgehead atoms. The zero-order valence-electron chi connectivity index (χ0n) is 22.3. The van der Waals surface area contributed by atoms with Crippen LogP contribution in [0.2, 0.25) is 5.28 Å². The van der Waals surface area contributed by atoms with Crippen LogP contribution in [-0.4, -0.2) is 37.1 Å². The maximum Gasteiger partial charge on any atom is 0.489 e. The Bertz CT molecular complexity index is 1600. The fourth-order valence-corrected chi connectivity index (χ4v) is 3.90. The van der Waals surface area contributed by atoms with E-state index in [4.69, 9.17) is 21.6 Å². The van der Waals surface area contributed by atoms with E-state index in [1.54, 1.807) is 18.5 Å². The van der Waals surface area contributed by atoms with Gasteiger partial charge in [-0.25, -0.2) is 19.9 Å². The van der Waals surface area contributed by atoms with Gasteiger partial charge >= 0.3 is 7.12 Å². The number of rotatable bonds is 2. The summed E-state index contributed by atoms with van der Waals surface area (Å²) in [6.07, 6.45) is 7.05. The Morgan fingerprint density at radius 2 is 1.05 bits per heavy atom. The van der Waals surface area contributed by atoms with E-state index in [0.29, 0.717) is 10.7 Å². The maximum atomic E-state index is 9.08. The Morgan fingerprint density at radius 1 is 0.600 bits per heavy atom. The van der Waals surface area contributed by atoms with Crippen LogP contribution in [-0.2, 0) is 20.4 Å². The number of halogens is 1. The van der Waals surface area contributed by atoms with Crippen LogP contribution in [0.1, 0.15) is 11.1 Å². The monoisotopic (exact) mass is 641 g/mol. The first-order valence-corrected chi connectivity index (χ1v) is 12.3. The van der Waals surface area contributed by atoms with Crippen LogP contribution < -0.4 is 5.46 Å². The summed E-state index contributed by atoms with van der Waals surface area (Å²) in [7, 11) is -1.40. The first-order chi connectivity index (χ1) is 18.4. The Labute approximate surface area is 254 Å². The van der Waals surface area contributed by atoms with Gasteiger partial charge in [0.15, 0.2) is 5.82 Å². The fraction of sp³-hybridized carbons (Fsp3) is 0.0645. The molecule has 0 fully saturated rings. The predicted octanol–water partition coefficient (Wildman–Crippen LogP) is 6.01. The molecule has 0 radical (unpaired) electrons. The van der Waals surface area contributed by atoms with Crippen molar-refractivity contribution in [2.75, 3.05) is 0 Å². The molecule has 4 aromatic carbocycles. The summed E-state index contributed by atoms with van der Waals surface area (Å²) in [6.45, 7) is 3.91. The molecular formula is C31H29BClN4O2Pd-. The van der Waals surface area contributed by atoms with Gasteiger partial charge in [-0.05, 0) is 63.6 Å². The molecule has 206 valence electrons. The van der Waals surface area contributed by atoms with Crippen LogP contribution in [0, 0.1) is 21.3 Å². The third-order valence-corrected chi connectivity index (χ3v) is 5.86. The van der Waals surface area contributed by atoms with Crippen LogP contribution in [0.25, 0.3) is 32.9 Å². The number of fused-ring (bicyclic) bond motifs is 2. The zero-order chi connectivity index (χ0) is 26.9. The van der Waals surface area contributed by atoms with Gasteiger partial charge in [0.05, 0.1) is 0 Å². The Balaban J connectivity index is 0.000000218. The van der Waals surface area contributed by atoms with Crippen molar-refractivity contribution >= 4 is 45.7 Å². The van der Waals surface area contributed by atoms with Gasteiger partial charge < -0.3 is 17.5 Å². The quantitative estimate of drug-likeness (QED) is 0.137. The molecule has 0 spiro atoms. The van der Waals surface area contributed by atoms with E-state index in [2.05, 4.69) is 44.2 Å². The van der Waals surface area contributed by atoms with Crippen molar-refractivity contribution in [3.63, 3.8) is 0 Å². The summed E-state index contributed by atoms with van der Waals surface area (Å²) >= 11 is 5.39. The average molecular weight is 642 g/mol. The summed E-state index contributed by atoms with van der Waals surface area (Å²) in [5, 5.41) is 22.8. The third kappa shape index (κ3) is 8.75. The number of nitrogens with zero attached hydrogens (tertiary/aromatic N) is 4. The van der Waals surface area contributed by atoms with Gasteiger partial charge in [-0.2, -0.15) is 0 Å². The number of aromatic nitrogens is 4. The van der Waals surface area contributed by atoms with Crippen molar-refractivity contribution in [3.8, 4) is 11.4 Å². The number of hydrogen-bond acceptors (Lipinski definition) is 6. The second kappa shape index (κ2) is 15.9. The Morgan fingerprint density at radius 3 is 1.60 bits per heavy atom. The van der Waals surface area contributed by atoms with Gasteiger partial charge in [0.1, 0.15) is 0 Å². The molecule has 2 N–H and O–H groups in total. The first-order valence-electron chi connectivity index (χ1n) is 12.0. The van der Waals surface area contributed by atoms with Crippen molar-refractivity contribution in [3.05, 3.63) is 134 Å². The van der Waals surface area contributed by atoms with E-state index in [1.807, 2.05) is 80.8 Å². The molecule has 6 aromatic rings. The largest absolute Gasteiger partial charge is 0.489 e. The van der Waals surface area contributed by atoms with E-state index < -0.39 is 7.12 Å². The minimum atomic E-state index is -1.40. The van der Waals surface area contributed by atoms with Crippen molar-refractivity contribution in [1.82, 2.24) is 19.9 Å². The Hall–Kier alpha value is -3.50. The molecular weight excluding hydrogens is 613 g/mol. The van der Waals surface area contributed by atoms with Gasteiger partial charge in [-0.1, -0.05) is 84.9 Å². The van der Waals surface area contributed by atoms with Gasteiger partial charge in [-0.3, -0.25) is 0 Å². The minimum absolute atomic E-state index is 0. The molecule has 6 rings (SSSR count). The third-order valence-electron chi connectivity index (χ3n) is 5.66. The summed E-state index contributed by atoms with van der Waals surface area (Å²) < 4.78 is 0.